The van der Waals surface area contributed by atoms with E-state index in [-0.39, 0.29) is 5.28 Å². The third kappa shape index (κ3) is 2.85. The van der Waals surface area contributed by atoms with Crippen LogP contribution in [0.5, 0.6) is 0 Å². The molecule has 1 heterocycles. The highest BCUT2D eigenvalue weighted by Gasteiger charge is 2.37. The molecule has 2 N–H and O–H groups in total. The molecular weight excluding hydrogens is 298 g/mol. The molecule has 1 aliphatic rings. The number of aliphatic hydroxyl groups is 1. The first kappa shape index (κ1) is 16.5. The fourth-order valence-electron chi connectivity index (χ4n) is 2.52. The van der Waals surface area contributed by atoms with Crippen molar-refractivity contribution in [3.8, 4) is 0 Å². The lowest BCUT2D eigenvalue weighted by Crippen LogP contribution is -2.31. The first-order valence-corrected chi connectivity index (χ1v) is 7.73. The van der Waals surface area contributed by atoms with Gasteiger partial charge in [0.25, 0.3) is 0 Å². The molecule has 1 atom stereocenters. The zero-order valence-electron chi connectivity index (χ0n) is 13.0. The Balaban J connectivity index is 0.000000847. The van der Waals surface area contributed by atoms with Gasteiger partial charge in [0, 0.05) is 19.0 Å². The predicted octanol–water partition coefficient (Wildman–Crippen LogP) is 3.85. The molecule has 0 saturated carbocycles. The Kier molecular flexibility index (Phi) is 5.16. The number of nitrogens with one attached hydrogen (secondary N) is 1. The Bertz CT molecular complexity index is 673. The van der Waals surface area contributed by atoms with E-state index in [1.54, 1.807) is 7.05 Å². The van der Waals surface area contributed by atoms with Crippen molar-refractivity contribution >= 4 is 23.5 Å². The molecule has 22 heavy (non-hydrogen) atoms. The number of halogens is 1. The molecule has 1 unspecified atom stereocenters. The molecule has 3 rings (SSSR count). The van der Waals surface area contributed by atoms with E-state index in [9.17, 15) is 5.11 Å². The summed E-state index contributed by atoms with van der Waals surface area (Å²) in [6, 6.07) is 9.48. The summed E-state index contributed by atoms with van der Waals surface area (Å²) in [6.45, 7) is 4.00. The summed E-state index contributed by atoms with van der Waals surface area (Å²) in [7, 11) is 1.77. The fourth-order valence-corrected chi connectivity index (χ4v) is 2.69. The van der Waals surface area contributed by atoms with Gasteiger partial charge in [-0.15, -0.1) is 0 Å². The average Bonchev–Trinajstić information content (AvgIpc) is 2.58. The Morgan fingerprint density at radius 1 is 1.18 bits per heavy atom. The van der Waals surface area contributed by atoms with Crippen molar-refractivity contribution in [2.75, 3.05) is 12.4 Å². The van der Waals surface area contributed by atoms with E-state index in [1.165, 1.54) is 0 Å². The third-order valence-corrected chi connectivity index (χ3v) is 3.67. The lowest BCUT2D eigenvalue weighted by molar-refractivity contribution is 0.0779. The van der Waals surface area contributed by atoms with Gasteiger partial charge in [-0.05, 0) is 17.2 Å². The quantitative estimate of drug-likeness (QED) is 0.826. The van der Waals surface area contributed by atoms with Crippen molar-refractivity contribution in [1.29, 1.82) is 0 Å². The van der Waals surface area contributed by atoms with Crippen LogP contribution in [0.25, 0.3) is 6.08 Å². The van der Waals surface area contributed by atoms with Crippen LogP contribution >= 0.6 is 11.6 Å². The maximum Gasteiger partial charge on any atom is 0.224 e. The minimum atomic E-state index is -1.18. The highest BCUT2D eigenvalue weighted by atomic mass is 35.5. The van der Waals surface area contributed by atoms with Crippen LogP contribution in [0.2, 0.25) is 5.28 Å². The van der Waals surface area contributed by atoms with Crippen LogP contribution in [-0.2, 0) is 5.60 Å². The van der Waals surface area contributed by atoms with Crippen molar-refractivity contribution in [1.82, 2.24) is 9.97 Å². The largest absolute Gasteiger partial charge is 0.378 e. The number of anilines is 1. The highest BCUT2D eigenvalue weighted by molar-refractivity contribution is 6.28. The monoisotopic (exact) mass is 317 g/mol. The van der Waals surface area contributed by atoms with E-state index in [2.05, 4.69) is 15.3 Å². The van der Waals surface area contributed by atoms with Crippen molar-refractivity contribution < 1.29 is 5.11 Å². The van der Waals surface area contributed by atoms with Gasteiger partial charge >= 0.3 is 0 Å². The van der Waals surface area contributed by atoms with Gasteiger partial charge in [-0.3, -0.25) is 0 Å². The van der Waals surface area contributed by atoms with E-state index >= 15 is 0 Å². The topological polar surface area (TPSA) is 58.0 Å². The van der Waals surface area contributed by atoms with E-state index in [1.807, 2.05) is 56.3 Å². The molecule has 1 aromatic carbocycles. The Labute approximate surface area is 135 Å². The lowest BCUT2D eigenvalue weighted by atomic mass is 9.81. The van der Waals surface area contributed by atoms with Crippen molar-refractivity contribution in [2.24, 2.45) is 0 Å². The molecule has 0 aliphatic heterocycles. The van der Waals surface area contributed by atoms with E-state index in [0.29, 0.717) is 17.9 Å². The number of hydrogen-bond donors (Lipinski definition) is 2. The standard InChI is InChI=1S/C15H14ClN3O.C2H6/c1-17-13-11-8-5-9-15(20,10-6-3-2-4-7-10)12(11)18-14(16)19-13;1-2/h2-8,20H,9H2,1H3,(H,17,18,19);1-2H3. The summed E-state index contributed by atoms with van der Waals surface area (Å²) in [5, 5.41) is 14.2. The molecule has 0 spiro atoms. The molecule has 0 fully saturated rings. The van der Waals surface area contributed by atoms with Crippen LogP contribution in [0.15, 0.2) is 36.4 Å². The zero-order chi connectivity index (χ0) is 16.2. The second kappa shape index (κ2) is 6.90. The summed E-state index contributed by atoms with van der Waals surface area (Å²) in [6.07, 6.45) is 4.29. The first-order chi connectivity index (χ1) is 10.6. The van der Waals surface area contributed by atoms with Crippen LogP contribution in [-0.4, -0.2) is 22.1 Å². The number of aromatic nitrogens is 2. The van der Waals surface area contributed by atoms with E-state index in [0.717, 1.165) is 11.1 Å². The molecule has 0 amide bonds. The van der Waals surface area contributed by atoms with Gasteiger partial charge in [0.15, 0.2) is 0 Å². The summed E-state index contributed by atoms with van der Waals surface area (Å²) in [4.78, 5) is 8.41. The SMILES string of the molecule is CC.CNc1nc(Cl)nc2c1C=CCC2(O)c1ccccc1. The maximum atomic E-state index is 11.1. The first-order valence-electron chi connectivity index (χ1n) is 7.35. The summed E-state index contributed by atoms with van der Waals surface area (Å²) >= 11 is 5.98. The van der Waals surface area contributed by atoms with E-state index < -0.39 is 5.60 Å². The zero-order valence-corrected chi connectivity index (χ0v) is 13.7. The smallest absolute Gasteiger partial charge is 0.224 e. The molecule has 5 heteroatoms. The van der Waals surface area contributed by atoms with Crippen molar-refractivity contribution in [3.63, 3.8) is 0 Å². The predicted molar refractivity (Wildman–Crippen MR) is 91.0 cm³/mol. The van der Waals surface area contributed by atoms with Crippen LogP contribution in [0.3, 0.4) is 0 Å². The van der Waals surface area contributed by atoms with Crippen LogP contribution < -0.4 is 5.32 Å². The fraction of sp³-hybridized carbons (Fsp3) is 0.294. The molecule has 1 aromatic heterocycles. The number of nitrogens with zero attached hydrogens (tertiary/aromatic N) is 2. The molecule has 0 radical (unpaired) electrons. The van der Waals surface area contributed by atoms with Gasteiger partial charge in [-0.1, -0.05) is 56.3 Å². The van der Waals surface area contributed by atoms with Gasteiger partial charge in [0.1, 0.15) is 11.4 Å². The minimum absolute atomic E-state index is 0.123. The molecular formula is C17H20ClN3O. The molecule has 1 aliphatic carbocycles. The normalized spacial score (nSPS) is 19.0. The third-order valence-electron chi connectivity index (χ3n) is 3.50. The van der Waals surface area contributed by atoms with Crippen LogP contribution in [0.1, 0.15) is 37.1 Å². The van der Waals surface area contributed by atoms with Gasteiger partial charge < -0.3 is 10.4 Å². The van der Waals surface area contributed by atoms with Gasteiger partial charge in [-0.2, -0.15) is 0 Å². The summed E-state index contributed by atoms with van der Waals surface area (Å²) in [5.41, 5.74) is 0.927. The number of benzene rings is 1. The second-order valence-electron chi connectivity index (χ2n) is 4.69. The van der Waals surface area contributed by atoms with Gasteiger partial charge in [0.2, 0.25) is 5.28 Å². The Morgan fingerprint density at radius 3 is 2.50 bits per heavy atom. The second-order valence-corrected chi connectivity index (χ2v) is 5.02. The average molecular weight is 318 g/mol. The maximum absolute atomic E-state index is 11.1. The van der Waals surface area contributed by atoms with Crippen molar-refractivity contribution in [2.45, 2.75) is 25.9 Å². The number of hydrogen-bond acceptors (Lipinski definition) is 4. The van der Waals surface area contributed by atoms with Gasteiger partial charge in [-0.25, -0.2) is 9.97 Å². The summed E-state index contributed by atoms with van der Waals surface area (Å²) in [5.74, 6) is 0.616. The number of rotatable bonds is 2. The van der Waals surface area contributed by atoms with Crippen LogP contribution in [0, 0.1) is 0 Å². The highest BCUT2D eigenvalue weighted by Crippen LogP contribution is 2.40. The van der Waals surface area contributed by atoms with Crippen LogP contribution in [0.4, 0.5) is 5.82 Å². The van der Waals surface area contributed by atoms with Crippen molar-refractivity contribution in [3.05, 3.63) is 58.5 Å². The molecule has 116 valence electrons. The molecule has 4 nitrogen and oxygen atoms in total. The minimum Gasteiger partial charge on any atom is -0.378 e. The Morgan fingerprint density at radius 2 is 1.86 bits per heavy atom. The summed E-state index contributed by atoms with van der Waals surface area (Å²) < 4.78 is 0. The van der Waals surface area contributed by atoms with E-state index in [4.69, 9.17) is 11.6 Å². The number of fused-ring (bicyclic) bond motifs is 1. The molecule has 0 saturated heterocycles. The molecule has 2 aromatic rings. The molecule has 0 bridgehead atoms. The lowest BCUT2D eigenvalue weighted by Gasteiger charge is -2.31. The Hall–Kier alpha value is -1.91. The van der Waals surface area contributed by atoms with Gasteiger partial charge in [0.05, 0.1) is 5.69 Å².